The van der Waals surface area contributed by atoms with Crippen LogP contribution < -0.4 is 11.5 Å². The molecule has 0 saturated heterocycles. The van der Waals surface area contributed by atoms with E-state index in [0.717, 1.165) is 0 Å². The highest BCUT2D eigenvalue weighted by Crippen LogP contribution is 2.16. The molecule has 134 valence electrons. The molecule has 2 amide bonds. The van der Waals surface area contributed by atoms with Crippen molar-refractivity contribution >= 4 is 12.2 Å². The fraction of sp³-hybridized carbons (Fsp3) is 0.833. The number of amides is 2. The predicted octanol–water partition coefficient (Wildman–Crippen LogP) is -1.12. The van der Waals surface area contributed by atoms with E-state index in [0.29, 0.717) is 19.6 Å². The summed E-state index contributed by atoms with van der Waals surface area (Å²) in [5.41, 5.74) is 9.08. The maximum atomic E-state index is 9.60. The highest BCUT2D eigenvalue weighted by molar-refractivity contribution is 5.64. The Balaban J connectivity index is -0.000000261. The van der Waals surface area contributed by atoms with Crippen molar-refractivity contribution in [3.05, 3.63) is 0 Å². The summed E-state index contributed by atoms with van der Waals surface area (Å²) in [6.45, 7) is 4.74. The van der Waals surface area contributed by atoms with Gasteiger partial charge in [-0.3, -0.25) is 0 Å². The van der Waals surface area contributed by atoms with Crippen LogP contribution in [0.5, 0.6) is 0 Å². The number of nitrogens with two attached hydrogens (primary N) is 2. The van der Waals surface area contributed by atoms with Crippen LogP contribution in [0.15, 0.2) is 0 Å². The molecule has 0 bridgehead atoms. The Morgan fingerprint density at radius 2 is 1.36 bits per heavy atom. The minimum absolute atomic E-state index is 0.329. The Morgan fingerprint density at radius 3 is 1.41 bits per heavy atom. The molecular formula is C12H28N2O8. The molecule has 10 nitrogen and oxygen atoms in total. The lowest BCUT2D eigenvalue weighted by Gasteiger charge is -2.26. The molecule has 0 spiro atoms. The van der Waals surface area contributed by atoms with E-state index in [4.69, 9.17) is 20.4 Å². The molecule has 0 aromatic rings. The summed E-state index contributed by atoms with van der Waals surface area (Å²) in [6, 6.07) is 0. The fourth-order valence-corrected chi connectivity index (χ4v) is 1.02. The Bertz CT molecular complexity index is 266. The molecule has 10 heteroatoms. The molecule has 0 aliphatic carbocycles. The van der Waals surface area contributed by atoms with E-state index in [1.807, 2.05) is 0 Å². The Labute approximate surface area is 129 Å². The zero-order valence-electron chi connectivity index (χ0n) is 13.2. The maximum absolute atomic E-state index is 9.60. The van der Waals surface area contributed by atoms with E-state index in [1.165, 1.54) is 0 Å². The van der Waals surface area contributed by atoms with Crippen LogP contribution in [0.25, 0.3) is 0 Å². The molecule has 1 unspecified atom stereocenters. The van der Waals surface area contributed by atoms with Gasteiger partial charge in [0.2, 0.25) is 0 Å². The van der Waals surface area contributed by atoms with Gasteiger partial charge in [-0.2, -0.15) is 0 Å². The largest absolute Gasteiger partial charge is 0.450 e. The van der Waals surface area contributed by atoms with E-state index in [2.05, 4.69) is 20.9 Å². The minimum atomic E-state index is -2.14. The van der Waals surface area contributed by atoms with Crippen molar-refractivity contribution < 1.29 is 39.5 Å². The van der Waals surface area contributed by atoms with Gasteiger partial charge in [-0.1, -0.05) is 6.92 Å². The van der Waals surface area contributed by atoms with Gasteiger partial charge in [0, 0.05) is 5.92 Å². The molecule has 0 rings (SSSR count). The molecular weight excluding hydrogens is 300 g/mol. The summed E-state index contributed by atoms with van der Waals surface area (Å²) in [7, 11) is 0. The number of rotatable bonds is 6. The maximum Gasteiger partial charge on any atom is 0.404 e. The number of hydrogen-bond donors (Lipinski definition) is 6. The molecule has 22 heavy (non-hydrogen) atoms. The fourth-order valence-electron chi connectivity index (χ4n) is 1.02. The molecule has 1 atom stereocenters. The predicted molar refractivity (Wildman–Crippen MR) is 77.5 cm³/mol. The van der Waals surface area contributed by atoms with Crippen LogP contribution in [0.1, 0.15) is 27.2 Å². The Morgan fingerprint density at radius 1 is 1.00 bits per heavy atom. The minimum Gasteiger partial charge on any atom is -0.450 e. The number of primary amides is 2. The van der Waals surface area contributed by atoms with E-state index >= 15 is 0 Å². The monoisotopic (exact) mass is 328 g/mol. The van der Waals surface area contributed by atoms with Gasteiger partial charge in [0.05, 0.1) is 26.4 Å². The van der Waals surface area contributed by atoms with Crippen LogP contribution in [-0.4, -0.2) is 64.8 Å². The molecule has 0 fully saturated rings. The molecule has 0 heterocycles. The van der Waals surface area contributed by atoms with Crippen LogP contribution >= 0.6 is 0 Å². The Hall–Kier alpha value is -1.62. The average molecular weight is 328 g/mol. The SMILES string of the molecule is CCC(CO)C(O)(O)CO.CCOC(N)=O.CCOC(N)=O. The van der Waals surface area contributed by atoms with Gasteiger partial charge in [0.15, 0.2) is 5.79 Å². The van der Waals surface area contributed by atoms with E-state index in [1.54, 1.807) is 20.8 Å². The van der Waals surface area contributed by atoms with Crippen molar-refractivity contribution in [2.24, 2.45) is 17.4 Å². The summed E-state index contributed by atoms with van der Waals surface area (Å²) in [4.78, 5) is 19.2. The lowest BCUT2D eigenvalue weighted by Crippen LogP contribution is -2.42. The average Bonchev–Trinajstić information content (AvgIpc) is 2.41. The summed E-state index contributed by atoms with van der Waals surface area (Å²) in [5, 5.41) is 34.8. The van der Waals surface area contributed by atoms with E-state index in [9.17, 15) is 9.59 Å². The van der Waals surface area contributed by atoms with Gasteiger partial charge in [-0.05, 0) is 20.3 Å². The Kier molecular flexibility index (Phi) is 18.2. The normalized spacial score (nSPS) is 11.0. The van der Waals surface area contributed by atoms with Crippen LogP contribution in [0.3, 0.4) is 0 Å². The zero-order chi connectivity index (χ0) is 18.2. The smallest absolute Gasteiger partial charge is 0.404 e. The van der Waals surface area contributed by atoms with Crippen molar-refractivity contribution in [3.63, 3.8) is 0 Å². The van der Waals surface area contributed by atoms with Crippen molar-refractivity contribution in [1.29, 1.82) is 0 Å². The molecule has 0 saturated carbocycles. The van der Waals surface area contributed by atoms with Gasteiger partial charge in [-0.15, -0.1) is 0 Å². The third-order valence-corrected chi connectivity index (χ3v) is 2.17. The second-order valence-corrected chi connectivity index (χ2v) is 3.83. The number of ether oxygens (including phenoxy) is 2. The second kappa shape index (κ2) is 15.8. The van der Waals surface area contributed by atoms with Crippen molar-refractivity contribution in [1.82, 2.24) is 0 Å². The first-order valence-electron chi connectivity index (χ1n) is 6.63. The molecule has 0 aromatic heterocycles. The first kappa shape index (κ1) is 25.3. The molecule has 0 aliphatic rings. The summed E-state index contributed by atoms with van der Waals surface area (Å²) < 4.78 is 8.36. The van der Waals surface area contributed by atoms with Crippen LogP contribution in [0.4, 0.5) is 9.59 Å². The van der Waals surface area contributed by atoms with Crippen molar-refractivity contribution in [3.8, 4) is 0 Å². The number of aliphatic hydroxyl groups excluding tert-OH is 2. The second-order valence-electron chi connectivity index (χ2n) is 3.83. The third kappa shape index (κ3) is 18.4. The number of hydrogen-bond acceptors (Lipinski definition) is 8. The quantitative estimate of drug-likeness (QED) is 0.331. The first-order chi connectivity index (χ1) is 10.1. The lowest BCUT2D eigenvalue weighted by atomic mass is 9.98. The number of aliphatic hydroxyl groups is 4. The first-order valence-corrected chi connectivity index (χ1v) is 6.63. The summed E-state index contributed by atoms with van der Waals surface area (Å²) >= 11 is 0. The highest BCUT2D eigenvalue weighted by Gasteiger charge is 2.31. The van der Waals surface area contributed by atoms with Gasteiger partial charge in [0.25, 0.3) is 0 Å². The lowest BCUT2D eigenvalue weighted by molar-refractivity contribution is -0.229. The molecule has 0 aliphatic heterocycles. The topological polar surface area (TPSA) is 186 Å². The number of carbonyl (C=O) groups excluding carboxylic acids is 2. The van der Waals surface area contributed by atoms with Crippen LogP contribution in [-0.2, 0) is 9.47 Å². The molecule has 8 N–H and O–H groups in total. The number of carbonyl (C=O) groups is 2. The zero-order valence-corrected chi connectivity index (χ0v) is 13.2. The van der Waals surface area contributed by atoms with Gasteiger partial charge < -0.3 is 41.4 Å². The van der Waals surface area contributed by atoms with Crippen LogP contribution in [0, 0.1) is 5.92 Å². The molecule has 0 radical (unpaired) electrons. The van der Waals surface area contributed by atoms with Crippen molar-refractivity contribution in [2.75, 3.05) is 26.4 Å². The standard InChI is InChI=1S/C6H14O4.2C3H7NO2/c1-2-5(3-7)6(9,10)4-8;2*1-2-6-3(4)5/h5,7-10H,2-4H2,1H3;2*2H2,1H3,(H2,4,5). The molecule has 0 aromatic carbocycles. The summed E-state index contributed by atoms with van der Waals surface area (Å²) in [6.07, 6.45) is -1.00. The van der Waals surface area contributed by atoms with E-state index in [-0.39, 0.29) is 6.61 Å². The third-order valence-electron chi connectivity index (χ3n) is 2.17. The summed E-state index contributed by atoms with van der Waals surface area (Å²) in [5.74, 6) is -2.80. The van der Waals surface area contributed by atoms with Crippen molar-refractivity contribution in [2.45, 2.75) is 33.0 Å². The van der Waals surface area contributed by atoms with Gasteiger partial charge in [-0.25, -0.2) is 9.59 Å². The van der Waals surface area contributed by atoms with Gasteiger partial charge >= 0.3 is 12.2 Å². The highest BCUT2D eigenvalue weighted by atomic mass is 16.5. The van der Waals surface area contributed by atoms with Gasteiger partial charge in [0.1, 0.15) is 0 Å². The van der Waals surface area contributed by atoms with E-state index < -0.39 is 30.5 Å². The van der Waals surface area contributed by atoms with Crippen LogP contribution in [0.2, 0.25) is 0 Å².